The molecule has 8 aromatic carbocycles. The van der Waals surface area contributed by atoms with Crippen molar-refractivity contribution in [3.63, 3.8) is 0 Å². The predicted molar refractivity (Wildman–Crippen MR) is 219 cm³/mol. The Hall–Kier alpha value is -6.42. The summed E-state index contributed by atoms with van der Waals surface area (Å²) in [6, 6.07) is 44.9. The van der Waals surface area contributed by atoms with Gasteiger partial charge in [-0.1, -0.05) is 121 Å². The molecule has 238 valence electrons. The molecule has 0 aliphatic carbocycles. The molecular formula is C48H30N2S. The van der Waals surface area contributed by atoms with E-state index in [1.54, 1.807) is 15.9 Å². The van der Waals surface area contributed by atoms with Crippen LogP contribution in [0.25, 0.3) is 97.4 Å². The first-order valence-electron chi connectivity index (χ1n) is 20.4. The van der Waals surface area contributed by atoms with Gasteiger partial charge in [-0.15, -0.1) is 11.3 Å². The molecule has 0 bridgehead atoms. The fraction of sp³-hybridized carbons (Fsp3) is 0. The molecular weight excluding hydrogens is 637 g/mol. The molecule has 51 heavy (non-hydrogen) atoms. The van der Waals surface area contributed by atoms with Gasteiger partial charge in [0.1, 0.15) is 0 Å². The number of benzene rings is 8. The average Bonchev–Trinajstić information content (AvgIpc) is 3.93. The largest absolute Gasteiger partial charge is 0.309 e. The Morgan fingerprint density at radius 3 is 2.06 bits per heavy atom. The molecule has 0 spiro atoms. The van der Waals surface area contributed by atoms with Crippen molar-refractivity contribution in [3.8, 4) is 33.6 Å². The fourth-order valence-electron chi connectivity index (χ4n) is 7.65. The second-order valence-electron chi connectivity index (χ2n) is 12.8. The molecule has 3 heterocycles. The van der Waals surface area contributed by atoms with Gasteiger partial charge in [0.15, 0.2) is 0 Å². The molecule has 0 fully saturated rings. The smallest absolute Gasteiger partial charge is 0.0645 e. The summed E-state index contributed by atoms with van der Waals surface area (Å²) in [6.07, 6.45) is 0. The van der Waals surface area contributed by atoms with E-state index in [0.29, 0.717) is 11.3 Å². The van der Waals surface area contributed by atoms with Crippen LogP contribution in [0.1, 0.15) is 9.60 Å². The van der Waals surface area contributed by atoms with E-state index in [2.05, 4.69) is 53.1 Å². The van der Waals surface area contributed by atoms with E-state index in [9.17, 15) is 6.85 Å². The summed E-state index contributed by atoms with van der Waals surface area (Å²) in [7, 11) is 0. The van der Waals surface area contributed by atoms with Gasteiger partial charge in [-0.2, -0.15) is 0 Å². The SMILES string of the molecule is [2H]c1c([2H])c([2H])c2c(c1[2H])c1c([2H])c(-c3ccc4c(c3)c3ccc(-c5ccccc5)cc3n4-c3ccccc3)c([2H])c([2H])c1n2-c1cccc2c1sc1ccccc12. The van der Waals surface area contributed by atoms with Crippen molar-refractivity contribution < 1.29 is 9.60 Å². The van der Waals surface area contributed by atoms with Crippen LogP contribution in [0.15, 0.2) is 182 Å². The van der Waals surface area contributed by atoms with E-state index >= 15 is 0 Å². The van der Waals surface area contributed by atoms with Crippen LogP contribution in [0, 0.1) is 0 Å². The van der Waals surface area contributed by atoms with E-state index in [-0.39, 0.29) is 57.6 Å². The molecule has 0 aliphatic heterocycles. The lowest BCUT2D eigenvalue weighted by molar-refractivity contribution is 1.18. The Bertz CT molecular complexity index is 3530. The molecule has 11 rings (SSSR count). The Labute approximate surface area is 308 Å². The molecule has 11 aromatic rings. The Balaban J connectivity index is 1.23. The quantitative estimate of drug-likeness (QED) is 0.176. The van der Waals surface area contributed by atoms with Crippen molar-refractivity contribution in [3.05, 3.63) is 182 Å². The number of fused-ring (bicyclic) bond motifs is 9. The number of thiophene rings is 1. The number of nitrogens with zero attached hydrogens (tertiary/aromatic N) is 2. The summed E-state index contributed by atoms with van der Waals surface area (Å²) in [5.41, 5.74) is 6.95. The lowest BCUT2D eigenvalue weighted by Gasteiger charge is -2.10. The average molecular weight is 674 g/mol. The third kappa shape index (κ3) is 4.29. The Kier molecular flexibility index (Phi) is 4.84. The number of hydrogen-bond donors (Lipinski definition) is 0. The molecule has 0 amide bonds. The summed E-state index contributed by atoms with van der Waals surface area (Å²) in [6.45, 7) is 0. The monoisotopic (exact) mass is 673 g/mol. The number of aromatic nitrogens is 2. The Morgan fingerprint density at radius 2 is 1.16 bits per heavy atom. The van der Waals surface area contributed by atoms with Gasteiger partial charge in [-0.05, 0) is 82.8 Å². The number of para-hydroxylation sites is 2. The zero-order chi connectivity index (χ0) is 39.6. The maximum absolute atomic E-state index is 9.88. The normalized spacial score (nSPS) is 13.8. The fourth-order valence-corrected chi connectivity index (χ4v) is 8.86. The molecule has 3 heteroatoms. The Morgan fingerprint density at radius 1 is 0.412 bits per heavy atom. The highest BCUT2D eigenvalue weighted by Crippen LogP contribution is 2.42. The van der Waals surface area contributed by atoms with Crippen LogP contribution in [-0.2, 0) is 0 Å². The first-order chi connectivity index (χ1) is 28.2. The highest BCUT2D eigenvalue weighted by Gasteiger charge is 2.18. The molecule has 0 radical (unpaired) electrons. The van der Waals surface area contributed by atoms with E-state index < -0.39 is 12.1 Å². The second-order valence-corrected chi connectivity index (χ2v) is 13.8. The van der Waals surface area contributed by atoms with Crippen LogP contribution < -0.4 is 0 Å². The third-order valence-electron chi connectivity index (χ3n) is 9.96. The lowest BCUT2D eigenvalue weighted by Crippen LogP contribution is -1.94. The van der Waals surface area contributed by atoms with Crippen molar-refractivity contribution in [1.82, 2.24) is 9.13 Å². The first kappa shape index (κ1) is 22.3. The van der Waals surface area contributed by atoms with E-state index in [4.69, 9.17) is 2.74 Å². The molecule has 0 atom stereocenters. The minimum Gasteiger partial charge on any atom is -0.309 e. The maximum Gasteiger partial charge on any atom is 0.0645 e. The van der Waals surface area contributed by atoms with Gasteiger partial charge in [0, 0.05) is 42.7 Å². The molecule has 3 aromatic heterocycles. The standard InChI is InChI=1S/C48H30N2S/c1-3-12-31(13-4-1)34-22-25-37-41-29-32(23-26-43(41)49(46(37)30-34)35-14-5-2-6-15-35)33-24-27-44-40(28-33)36-16-7-9-19-42(36)50(44)45-20-11-18-39-38-17-8-10-21-47(38)51-48(39)45/h1-30H/i7D,9D,16D,19D,24D,27D,28D. The van der Waals surface area contributed by atoms with Crippen LogP contribution in [0.2, 0.25) is 0 Å². The minimum atomic E-state index is -0.413. The summed E-state index contributed by atoms with van der Waals surface area (Å²) in [5, 5.41) is 4.33. The van der Waals surface area contributed by atoms with E-state index in [1.165, 1.54) is 0 Å². The van der Waals surface area contributed by atoms with Gasteiger partial charge >= 0.3 is 0 Å². The molecule has 0 N–H and O–H groups in total. The predicted octanol–water partition coefficient (Wildman–Crippen LogP) is 13.6. The van der Waals surface area contributed by atoms with Gasteiger partial charge in [0.2, 0.25) is 0 Å². The van der Waals surface area contributed by atoms with Crippen molar-refractivity contribution in [2.24, 2.45) is 0 Å². The molecule has 0 saturated heterocycles. The number of hydrogen-bond acceptors (Lipinski definition) is 1. The van der Waals surface area contributed by atoms with Gasteiger partial charge in [0.05, 0.1) is 42.0 Å². The first-order valence-corrected chi connectivity index (χ1v) is 17.7. The summed E-state index contributed by atoms with van der Waals surface area (Å²) in [5.74, 6) is 0. The van der Waals surface area contributed by atoms with E-state index in [0.717, 1.165) is 58.8 Å². The summed E-state index contributed by atoms with van der Waals surface area (Å²) >= 11 is 1.57. The van der Waals surface area contributed by atoms with Crippen molar-refractivity contribution in [2.45, 2.75) is 0 Å². The number of rotatable bonds is 4. The van der Waals surface area contributed by atoms with Crippen molar-refractivity contribution in [1.29, 1.82) is 0 Å². The highest BCUT2D eigenvalue weighted by molar-refractivity contribution is 7.26. The topological polar surface area (TPSA) is 9.86 Å². The summed E-state index contributed by atoms with van der Waals surface area (Å²) < 4.78 is 70.8. The van der Waals surface area contributed by atoms with Crippen LogP contribution >= 0.6 is 11.3 Å². The van der Waals surface area contributed by atoms with Gasteiger partial charge in [-0.25, -0.2) is 0 Å². The van der Waals surface area contributed by atoms with E-state index in [1.807, 2.05) is 91.0 Å². The van der Waals surface area contributed by atoms with Crippen molar-refractivity contribution in [2.75, 3.05) is 0 Å². The molecule has 0 unspecified atom stereocenters. The molecule has 0 aliphatic rings. The zero-order valence-corrected chi connectivity index (χ0v) is 27.9. The summed E-state index contributed by atoms with van der Waals surface area (Å²) in [4.78, 5) is 0. The zero-order valence-electron chi connectivity index (χ0n) is 34.1. The second kappa shape index (κ2) is 11.0. The van der Waals surface area contributed by atoms with Crippen LogP contribution in [0.4, 0.5) is 0 Å². The van der Waals surface area contributed by atoms with Crippen LogP contribution in [-0.4, -0.2) is 9.13 Å². The lowest BCUT2D eigenvalue weighted by atomic mass is 9.99. The highest BCUT2D eigenvalue weighted by atomic mass is 32.1. The van der Waals surface area contributed by atoms with Crippen LogP contribution in [0.3, 0.4) is 0 Å². The molecule has 2 nitrogen and oxygen atoms in total. The van der Waals surface area contributed by atoms with Gasteiger partial charge < -0.3 is 9.13 Å². The van der Waals surface area contributed by atoms with Crippen molar-refractivity contribution >= 4 is 75.1 Å². The van der Waals surface area contributed by atoms with Gasteiger partial charge in [-0.3, -0.25) is 0 Å². The third-order valence-corrected chi connectivity index (χ3v) is 11.2. The van der Waals surface area contributed by atoms with Gasteiger partial charge in [0.25, 0.3) is 0 Å². The van der Waals surface area contributed by atoms with Crippen LogP contribution in [0.5, 0.6) is 0 Å². The molecule has 0 saturated carbocycles. The maximum atomic E-state index is 9.88. The minimum absolute atomic E-state index is 0.0641.